The van der Waals surface area contributed by atoms with Crippen molar-refractivity contribution < 1.29 is 19.3 Å². The average Bonchev–Trinajstić information content (AvgIpc) is 2.30. The molecule has 1 aromatic carbocycles. The van der Waals surface area contributed by atoms with Crippen LogP contribution in [0.2, 0.25) is 0 Å². The fourth-order valence-electron chi connectivity index (χ4n) is 1.14. The van der Waals surface area contributed by atoms with E-state index in [1.165, 1.54) is 0 Å². The molecule has 1 aromatic rings. The molecule has 0 radical (unpaired) electrons. The zero-order valence-corrected chi connectivity index (χ0v) is 9.56. The van der Waals surface area contributed by atoms with Crippen LogP contribution in [0.5, 0.6) is 0 Å². The van der Waals surface area contributed by atoms with E-state index in [0.717, 1.165) is 5.56 Å². The normalized spacial score (nSPS) is 10.1. The maximum absolute atomic E-state index is 11.3. The molecule has 0 fully saturated rings. The molecular formula is C12H16O4. The molecule has 88 valence electrons. The Kier molecular flexibility index (Phi) is 5.53. The summed E-state index contributed by atoms with van der Waals surface area (Å²) in [5.74, 6) is -0.306. The van der Waals surface area contributed by atoms with Crippen LogP contribution < -0.4 is 0 Å². The second-order valence-electron chi connectivity index (χ2n) is 3.09. The molecule has 0 N–H and O–H groups in total. The lowest BCUT2D eigenvalue weighted by Crippen LogP contribution is -2.04. The van der Waals surface area contributed by atoms with Gasteiger partial charge in [-0.3, -0.25) is 0 Å². The number of hydrogen-bond donors (Lipinski definition) is 0. The topological polar surface area (TPSA) is 44.8 Å². The van der Waals surface area contributed by atoms with Crippen LogP contribution in [0.1, 0.15) is 29.8 Å². The second kappa shape index (κ2) is 6.98. The Morgan fingerprint density at radius 2 is 1.75 bits per heavy atom. The zero-order chi connectivity index (χ0) is 11.8. The predicted octanol–water partition coefficient (Wildman–Crippen LogP) is 2.33. The molecule has 0 unspecified atom stereocenters. The molecule has 4 nitrogen and oxygen atoms in total. The maximum Gasteiger partial charge on any atom is 0.338 e. The van der Waals surface area contributed by atoms with Gasteiger partial charge in [0, 0.05) is 0 Å². The van der Waals surface area contributed by atoms with Gasteiger partial charge in [-0.1, -0.05) is 12.1 Å². The number of carbonyl (C=O) groups excluding carboxylic acids is 1. The summed E-state index contributed by atoms with van der Waals surface area (Å²) in [6, 6.07) is 7.04. The van der Waals surface area contributed by atoms with E-state index < -0.39 is 0 Å². The first-order chi connectivity index (χ1) is 7.77. The van der Waals surface area contributed by atoms with Crippen LogP contribution in [0.15, 0.2) is 24.3 Å². The second-order valence-corrected chi connectivity index (χ2v) is 3.09. The number of benzene rings is 1. The largest absolute Gasteiger partial charge is 0.462 e. The summed E-state index contributed by atoms with van der Waals surface area (Å²) in [5, 5.41) is 0. The summed E-state index contributed by atoms with van der Waals surface area (Å²) in [7, 11) is 0. The van der Waals surface area contributed by atoms with E-state index in [-0.39, 0.29) is 5.97 Å². The lowest BCUT2D eigenvalue weighted by Gasteiger charge is -2.04. The molecule has 0 aliphatic carbocycles. The minimum absolute atomic E-state index is 0.306. The lowest BCUT2D eigenvalue weighted by molar-refractivity contribution is -0.300. The van der Waals surface area contributed by atoms with Crippen LogP contribution in [-0.4, -0.2) is 19.2 Å². The molecule has 0 amide bonds. The maximum atomic E-state index is 11.3. The van der Waals surface area contributed by atoms with Gasteiger partial charge in [0.1, 0.15) is 6.61 Å². The summed E-state index contributed by atoms with van der Waals surface area (Å²) >= 11 is 0. The molecular weight excluding hydrogens is 208 g/mol. The van der Waals surface area contributed by atoms with E-state index in [2.05, 4.69) is 0 Å². The number of rotatable bonds is 6. The third-order valence-corrected chi connectivity index (χ3v) is 1.89. The Hall–Kier alpha value is -1.39. The highest BCUT2D eigenvalue weighted by atomic mass is 17.2. The predicted molar refractivity (Wildman–Crippen MR) is 58.8 cm³/mol. The van der Waals surface area contributed by atoms with Crippen LogP contribution in [0, 0.1) is 0 Å². The van der Waals surface area contributed by atoms with Gasteiger partial charge in [0.25, 0.3) is 0 Å². The summed E-state index contributed by atoms with van der Waals surface area (Å²) < 4.78 is 4.87. The Morgan fingerprint density at radius 1 is 1.06 bits per heavy atom. The van der Waals surface area contributed by atoms with Crippen molar-refractivity contribution in [2.24, 2.45) is 0 Å². The van der Waals surface area contributed by atoms with Crippen molar-refractivity contribution in [3.8, 4) is 0 Å². The summed E-state index contributed by atoms with van der Waals surface area (Å²) in [4.78, 5) is 21.0. The van der Waals surface area contributed by atoms with Crippen molar-refractivity contribution in [3.05, 3.63) is 35.4 Å². The van der Waals surface area contributed by atoms with Crippen molar-refractivity contribution in [2.75, 3.05) is 13.2 Å². The molecule has 0 bridgehead atoms. The van der Waals surface area contributed by atoms with E-state index >= 15 is 0 Å². The minimum atomic E-state index is -0.306. The Labute approximate surface area is 95.1 Å². The van der Waals surface area contributed by atoms with Crippen LogP contribution in [0.3, 0.4) is 0 Å². The van der Waals surface area contributed by atoms with Crippen molar-refractivity contribution in [1.29, 1.82) is 0 Å². The highest BCUT2D eigenvalue weighted by Crippen LogP contribution is 2.07. The molecule has 0 aromatic heterocycles. The Balaban J connectivity index is 2.50. The van der Waals surface area contributed by atoms with Gasteiger partial charge < -0.3 is 4.74 Å². The van der Waals surface area contributed by atoms with Crippen molar-refractivity contribution >= 4 is 5.97 Å². The Bertz CT molecular complexity index is 318. The SMILES string of the molecule is CCOOCc1ccc(C(=O)OCC)cc1. The monoisotopic (exact) mass is 224 g/mol. The van der Waals surface area contributed by atoms with Gasteiger partial charge in [0.2, 0.25) is 0 Å². The van der Waals surface area contributed by atoms with Crippen LogP contribution in [0.25, 0.3) is 0 Å². The van der Waals surface area contributed by atoms with Crippen LogP contribution in [-0.2, 0) is 21.1 Å². The molecule has 0 heterocycles. The summed E-state index contributed by atoms with van der Waals surface area (Å²) in [5.41, 5.74) is 1.49. The minimum Gasteiger partial charge on any atom is -0.462 e. The molecule has 0 aliphatic heterocycles. The number of esters is 1. The quantitative estimate of drug-likeness (QED) is 0.322. The fraction of sp³-hybridized carbons (Fsp3) is 0.417. The van der Waals surface area contributed by atoms with E-state index in [0.29, 0.717) is 25.4 Å². The van der Waals surface area contributed by atoms with Gasteiger partial charge in [-0.25, -0.2) is 14.6 Å². The first-order valence-electron chi connectivity index (χ1n) is 5.28. The fourth-order valence-corrected chi connectivity index (χ4v) is 1.14. The van der Waals surface area contributed by atoms with Crippen molar-refractivity contribution in [3.63, 3.8) is 0 Å². The molecule has 0 atom stereocenters. The van der Waals surface area contributed by atoms with E-state index in [4.69, 9.17) is 14.5 Å². The number of carbonyl (C=O) groups is 1. The number of hydrogen-bond acceptors (Lipinski definition) is 4. The molecule has 16 heavy (non-hydrogen) atoms. The van der Waals surface area contributed by atoms with E-state index in [1.54, 1.807) is 19.1 Å². The summed E-state index contributed by atoms with van der Waals surface area (Å²) in [6.45, 7) is 4.90. The summed E-state index contributed by atoms with van der Waals surface area (Å²) in [6.07, 6.45) is 0. The highest BCUT2D eigenvalue weighted by Gasteiger charge is 2.05. The molecule has 0 saturated carbocycles. The van der Waals surface area contributed by atoms with Gasteiger partial charge in [-0.15, -0.1) is 0 Å². The van der Waals surface area contributed by atoms with Gasteiger partial charge in [0.15, 0.2) is 0 Å². The van der Waals surface area contributed by atoms with E-state index in [1.807, 2.05) is 19.1 Å². The first kappa shape index (κ1) is 12.7. The van der Waals surface area contributed by atoms with Crippen LogP contribution in [0.4, 0.5) is 0 Å². The molecule has 4 heteroatoms. The highest BCUT2D eigenvalue weighted by molar-refractivity contribution is 5.89. The van der Waals surface area contributed by atoms with Gasteiger partial charge >= 0.3 is 5.97 Å². The van der Waals surface area contributed by atoms with Crippen molar-refractivity contribution in [2.45, 2.75) is 20.5 Å². The number of ether oxygens (including phenoxy) is 1. The van der Waals surface area contributed by atoms with E-state index in [9.17, 15) is 4.79 Å². The lowest BCUT2D eigenvalue weighted by atomic mass is 10.1. The van der Waals surface area contributed by atoms with Crippen molar-refractivity contribution in [1.82, 2.24) is 0 Å². The average molecular weight is 224 g/mol. The standard InChI is InChI=1S/C12H16O4/c1-3-14-12(13)11-7-5-10(6-8-11)9-16-15-4-2/h5-8H,3-4,9H2,1-2H3. The third-order valence-electron chi connectivity index (χ3n) is 1.89. The third kappa shape index (κ3) is 4.00. The van der Waals surface area contributed by atoms with Gasteiger partial charge in [-0.2, -0.15) is 0 Å². The Morgan fingerprint density at radius 3 is 2.31 bits per heavy atom. The first-order valence-corrected chi connectivity index (χ1v) is 5.28. The van der Waals surface area contributed by atoms with Gasteiger partial charge in [-0.05, 0) is 31.5 Å². The van der Waals surface area contributed by atoms with Crippen LogP contribution >= 0.6 is 0 Å². The molecule has 0 spiro atoms. The molecule has 1 rings (SSSR count). The molecule has 0 saturated heterocycles. The van der Waals surface area contributed by atoms with Gasteiger partial charge in [0.05, 0.1) is 18.8 Å². The zero-order valence-electron chi connectivity index (χ0n) is 9.56. The smallest absolute Gasteiger partial charge is 0.338 e. The molecule has 0 aliphatic rings.